The van der Waals surface area contributed by atoms with Gasteiger partial charge in [-0.05, 0) is 12.5 Å². The zero-order chi connectivity index (χ0) is 8.55. The van der Waals surface area contributed by atoms with Crippen LogP contribution in [0.5, 0.6) is 0 Å². The summed E-state index contributed by atoms with van der Waals surface area (Å²) in [6, 6.07) is 1.75. The van der Waals surface area contributed by atoms with Crippen LogP contribution in [-0.4, -0.2) is 0 Å². The lowest BCUT2D eigenvalue weighted by molar-refractivity contribution is 0.492. The molecule has 0 aliphatic carbocycles. The van der Waals surface area contributed by atoms with Gasteiger partial charge in [-0.3, -0.25) is 0 Å². The van der Waals surface area contributed by atoms with E-state index in [4.69, 9.17) is 8.83 Å². The fourth-order valence-corrected chi connectivity index (χ4v) is 1.29. The Kier molecular flexibility index (Phi) is 1.50. The summed E-state index contributed by atoms with van der Waals surface area (Å²) in [7, 11) is 0. The first-order valence-corrected chi connectivity index (χ1v) is 3.81. The Balaban J connectivity index is 2.80. The minimum Gasteiger partial charge on any atom is -0.469 e. The second-order valence-corrected chi connectivity index (χ2v) is 2.56. The van der Waals surface area contributed by atoms with E-state index in [0.29, 0.717) is 12.2 Å². The molecule has 62 valence electrons. The average Bonchev–Trinajstić information content (AvgIpc) is 2.40. The van der Waals surface area contributed by atoms with E-state index in [1.807, 2.05) is 6.92 Å². The molecule has 0 amide bonds. The third-order valence-electron chi connectivity index (χ3n) is 1.88. The molecule has 0 aromatic rings. The molecule has 0 spiro atoms. The predicted molar refractivity (Wildman–Crippen MR) is 43.2 cm³/mol. The summed E-state index contributed by atoms with van der Waals surface area (Å²) in [6.07, 6.45) is 3.67. The van der Waals surface area contributed by atoms with Crippen molar-refractivity contribution >= 4 is 0 Å². The summed E-state index contributed by atoms with van der Waals surface area (Å²) in [6.45, 7) is 1.93. The normalized spacial score (nSPS) is 10.8. The van der Waals surface area contributed by atoms with E-state index >= 15 is 0 Å². The van der Waals surface area contributed by atoms with Crippen LogP contribution < -0.4 is 5.63 Å². The molecule has 0 aromatic heterocycles. The first-order chi connectivity index (χ1) is 5.83. The number of rotatable bonds is 1. The van der Waals surface area contributed by atoms with Gasteiger partial charge in [-0.2, -0.15) is 0 Å². The lowest BCUT2D eigenvalue weighted by atomic mass is 10.1. The molecule has 3 nitrogen and oxygen atoms in total. The van der Waals surface area contributed by atoms with Crippen LogP contribution in [0.3, 0.4) is 0 Å². The molecular weight excluding hydrogens is 156 g/mol. The topological polar surface area (TPSA) is 43.4 Å². The minimum atomic E-state index is -0.256. The molecule has 2 heterocycles. The van der Waals surface area contributed by atoms with Crippen molar-refractivity contribution in [1.82, 2.24) is 0 Å². The Bertz CT molecular complexity index is 410. The minimum absolute atomic E-state index is 0.256. The smallest absolute Gasteiger partial charge is 0.340 e. The van der Waals surface area contributed by atoms with Crippen LogP contribution in [-0.2, 0) is 6.42 Å². The maximum Gasteiger partial charge on any atom is 0.340 e. The lowest BCUT2D eigenvalue weighted by Gasteiger charge is -1.93. The molecule has 2 rings (SSSR count). The van der Waals surface area contributed by atoms with Gasteiger partial charge in [-0.25, -0.2) is 4.79 Å². The number of furan rings is 1. The Hall–Kier alpha value is -1.51. The van der Waals surface area contributed by atoms with Gasteiger partial charge in [0.25, 0.3) is 0 Å². The molecule has 0 fully saturated rings. The van der Waals surface area contributed by atoms with Gasteiger partial charge < -0.3 is 8.83 Å². The van der Waals surface area contributed by atoms with Crippen molar-refractivity contribution in [2.45, 2.75) is 13.3 Å². The third kappa shape index (κ3) is 0.863. The first kappa shape index (κ1) is 7.16. The Morgan fingerprint density at radius 1 is 1.50 bits per heavy atom. The van der Waals surface area contributed by atoms with Crippen molar-refractivity contribution in [3.05, 3.63) is 34.6 Å². The van der Waals surface area contributed by atoms with Crippen molar-refractivity contribution in [3.8, 4) is 11.3 Å². The molecular formula is C9H8O3. The quantitative estimate of drug-likeness (QED) is 0.646. The molecule has 2 aliphatic heterocycles. The van der Waals surface area contributed by atoms with Gasteiger partial charge in [0, 0.05) is 11.1 Å². The molecule has 0 aromatic carbocycles. The monoisotopic (exact) mass is 164 g/mol. The maximum absolute atomic E-state index is 11.2. The van der Waals surface area contributed by atoms with E-state index in [1.54, 1.807) is 6.07 Å². The highest BCUT2D eigenvalue weighted by Crippen LogP contribution is 2.23. The van der Waals surface area contributed by atoms with Crippen molar-refractivity contribution in [2.75, 3.05) is 0 Å². The fraction of sp³-hybridized carbons (Fsp3) is 0.222. The van der Waals surface area contributed by atoms with Crippen molar-refractivity contribution in [3.63, 3.8) is 0 Å². The summed E-state index contributed by atoms with van der Waals surface area (Å²) in [5.41, 5.74) is 1.32. The third-order valence-corrected chi connectivity index (χ3v) is 1.88. The maximum atomic E-state index is 11.2. The van der Waals surface area contributed by atoms with Crippen LogP contribution in [0.25, 0.3) is 11.3 Å². The summed E-state index contributed by atoms with van der Waals surface area (Å²) < 4.78 is 9.81. The van der Waals surface area contributed by atoms with Crippen LogP contribution >= 0.6 is 0 Å². The lowest BCUT2D eigenvalue weighted by Crippen LogP contribution is -1.98. The van der Waals surface area contributed by atoms with Gasteiger partial charge in [-0.1, -0.05) is 6.92 Å². The Morgan fingerprint density at radius 3 is 3.08 bits per heavy atom. The highest BCUT2D eigenvalue weighted by Gasteiger charge is 2.15. The molecule has 0 saturated carbocycles. The van der Waals surface area contributed by atoms with E-state index < -0.39 is 0 Å². The van der Waals surface area contributed by atoms with E-state index in [1.165, 1.54) is 12.5 Å². The van der Waals surface area contributed by atoms with Crippen LogP contribution in [0.2, 0.25) is 0 Å². The highest BCUT2D eigenvalue weighted by atomic mass is 16.4. The molecule has 0 bridgehead atoms. The van der Waals surface area contributed by atoms with Crippen molar-refractivity contribution in [1.29, 1.82) is 0 Å². The van der Waals surface area contributed by atoms with Gasteiger partial charge in [0.1, 0.15) is 6.26 Å². The largest absolute Gasteiger partial charge is 0.469 e. The molecule has 3 heteroatoms. The zero-order valence-corrected chi connectivity index (χ0v) is 6.66. The van der Waals surface area contributed by atoms with Crippen LogP contribution in [0.1, 0.15) is 12.5 Å². The van der Waals surface area contributed by atoms with E-state index in [-0.39, 0.29) is 5.63 Å². The fourth-order valence-electron chi connectivity index (χ4n) is 1.29. The Labute approximate surface area is 69.0 Å². The molecule has 2 aliphatic rings. The van der Waals surface area contributed by atoms with Gasteiger partial charge in [0.15, 0.2) is 5.76 Å². The second-order valence-electron chi connectivity index (χ2n) is 2.56. The molecule has 0 unspecified atom stereocenters. The highest BCUT2D eigenvalue weighted by molar-refractivity contribution is 5.61. The van der Waals surface area contributed by atoms with Crippen molar-refractivity contribution in [2.24, 2.45) is 0 Å². The predicted octanol–water partition coefficient (Wildman–Crippen LogP) is 1.90. The number of fused-ring (bicyclic) bond motifs is 1. The van der Waals surface area contributed by atoms with Gasteiger partial charge in [-0.15, -0.1) is 0 Å². The molecule has 0 radical (unpaired) electrons. The Morgan fingerprint density at radius 2 is 2.33 bits per heavy atom. The summed E-state index contributed by atoms with van der Waals surface area (Å²) in [4.78, 5) is 11.2. The van der Waals surface area contributed by atoms with E-state index in [2.05, 4.69) is 0 Å². The standard InChI is InChI=1S/C9H8O3/c1-2-6-7-3-4-11-5-8(7)12-9(6)10/h3-5H,2H2,1H3. The molecule has 0 N–H and O–H groups in total. The zero-order valence-electron chi connectivity index (χ0n) is 6.66. The van der Waals surface area contributed by atoms with Gasteiger partial charge >= 0.3 is 5.63 Å². The van der Waals surface area contributed by atoms with Crippen LogP contribution in [0, 0.1) is 0 Å². The van der Waals surface area contributed by atoms with E-state index in [0.717, 1.165) is 11.1 Å². The van der Waals surface area contributed by atoms with E-state index in [9.17, 15) is 4.79 Å². The summed E-state index contributed by atoms with van der Waals surface area (Å²) >= 11 is 0. The summed E-state index contributed by atoms with van der Waals surface area (Å²) in [5.74, 6) is 0.527. The molecule has 12 heavy (non-hydrogen) atoms. The number of hydrogen-bond acceptors (Lipinski definition) is 3. The number of hydrogen-bond donors (Lipinski definition) is 0. The first-order valence-electron chi connectivity index (χ1n) is 3.81. The van der Waals surface area contributed by atoms with Gasteiger partial charge in [0.05, 0.1) is 6.26 Å². The molecule has 0 atom stereocenters. The molecule has 0 saturated heterocycles. The van der Waals surface area contributed by atoms with Gasteiger partial charge in [0.2, 0.25) is 0 Å². The summed E-state index contributed by atoms with van der Waals surface area (Å²) in [5, 5.41) is 0. The SMILES string of the molecule is CCc1c2ccocc-2oc1=O. The second kappa shape index (κ2) is 2.52. The van der Waals surface area contributed by atoms with Crippen LogP contribution in [0.15, 0.2) is 32.2 Å². The van der Waals surface area contributed by atoms with Crippen molar-refractivity contribution < 1.29 is 8.83 Å². The average molecular weight is 164 g/mol. The van der Waals surface area contributed by atoms with Crippen LogP contribution in [0.4, 0.5) is 0 Å².